The number of esters is 5. The number of nitrogens with zero attached hydrogens (tertiary/aromatic N) is 1. The van der Waals surface area contributed by atoms with E-state index < -0.39 is 203 Å². The van der Waals surface area contributed by atoms with Gasteiger partial charge >= 0.3 is 40.0 Å². The number of rotatable bonds is 19. The van der Waals surface area contributed by atoms with Crippen LogP contribution in [0.2, 0.25) is 0 Å². The highest BCUT2D eigenvalue weighted by Crippen LogP contribution is 2.25. The van der Waals surface area contributed by atoms with Crippen LogP contribution in [0.25, 0.3) is 0 Å². The van der Waals surface area contributed by atoms with Crippen LogP contribution in [-0.4, -0.2) is 227 Å². The van der Waals surface area contributed by atoms with Gasteiger partial charge in [0.1, 0.15) is 51.6 Å². The maximum Gasteiger partial charge on any atom is 0.349 e. The first-order valence-corrected chi connectivity index (χ1v) is 45.8. The third kappa shape index (κ3) is 51.4. The molecular formula is C55H95NO34S11. The van der Waals surface area contributed by atoms with Gasteiger partial charge in [-0.3, -0.25) is 8.98 Å². The highest BCUT2D eigenvalue weighted by Gasteiger charge is 2.38. The number of nitriles is 1. The van der Waals surface area contributed by atoms with Gasteiger partial charge in [0.2, 0.25) is 0 Å². The predicted octanol–water partition coefficient (Wildman–Crippen LogP) is 2.88. The van der Waals surface area contributed by atoms with E-state index in [0.717, 1.165) is 71.4 Å². The fraction of sp³-hybridized carbons (Fsp3) is 0.545. The summed E-state index contributed by atoms with van der Waals surface area (Å²) in [5, 5.41) is 7.94. The lowest BCUT2D eigenvalue weighted by Gasteiger charge is -2.23. The van der Waals surface area contributed by atoms with Crippen LogP contribution in [0.15, 0.2) is 102 Å². The molecule has 0 amide bonds. The highest BCUT2D eigenvalue weighted by atomic mass is 32.3. The fourth-order valence-electron chi connectivity index (χ4n) is 3.42. The molecule has 0 saturated heterocycles. The Bertz CT molecular complexity index is 4500. The van der Waals surface area contributed by atoms with Crippen molar-refractivity contribution in [3.63, 3.8) is 0 Å². The van der Waals surface area contributed by atoms with E-state index in [1.807, 2.05) is 0 Å². The van der Waals surface area contributed by atoms with Crippen LogP contribution in [0.4, 0.5) is 0 Å². The number of carbonyl (C=O) groups excluding carboxylic acids is 6. The van der Waals surface area contributed by atoms with E-state index in [2.05, 4.69) is 77.6 Å². The molecule has 0 spiro atoms. The van der Waals surface area contributed by atoms with Gasteiger partial charge in [0.15, 0.2) is 113 Å². The standard InChI is InChI=1S/C11H20O4S.2C8H14O4S.C6H10O4S.C5H8O4S.C5H8O3S.C4H5NO2S.C4H8O5S2.C4H8O4S2/c1-8(9(12)15-10(2,3)4)16(13,14)11(5,6)7;1-6(13(5,10)11)7(9)12-8(2,3)4;1-6(7(9)12-5)13(10,11)8(2,3)4;1-4-10-6(7)5(2)11(3,8)9;1-4(5(6)9-2)10(3,7)8;1-4(6)5(2)9(3,7)8;1-4(3-5)8(2,6)7;1-4(10(3,5)6)11(7,8)9-2;1-4(9(2,5)6)10(3,7)8/h1H2,2-7H3;2*1H2,2-5H3;2,4H2,1,3H3;1H2,2-3H3;2H2,1,3H3;1H2,2H3;1H2,2-3H3;1H2,2-3H3. The minimum atomic E-state index is -4.14. The van der Waals surface area contributed by atoms with Crippen molar-refractivity contribution in [2.45, 2.75) is 118 Å². The van der Waals surface area contributed by atoms with Gasteiger partial charge < -0.3 is 23.7 Å². The second kappa shape index (κ2) is 43.0. The van der Waals surface area contributed by atoms with Crippen molar-refractivity contribution in [2.24, 2.45) is 0 Å². The molecular weight excluding hydrogens is 1570 g/mol. The molecule has 0 aliphatic carbocycles. The molecule has 0 bridgehead atoms. The van der Waals surface area contributed by atoms with Crippen LogP contribution in [0.5, 0.6) is 0 Å². The van der Waals surface area contributed by atoms with Crippen molar-refractivity contribution in [1.82, 2.24) is 0 Å². The minimum absolute atomic E-state index is 0.146. The number of hydrogen-bond acceptors (Lipinski definition) is 35. The maximum atomic E-state index is 11.9. The Morgan fingerprint density at radius 1 is 0.347 bits per heavy atom. The molecule has 0 N–H and O–H groups in total. The first-order chi connectivity index (χ1) is 43.5. The van der Waals surface area contributed by atoms with Gasteiger partial charge in [-0.1, -0.05) is 59.2 Å². The SMILES string of the molecule is C=C(C#N)S(C)(=O)=O.C=C(C(=O)OC(C)(C)C)S(=O)(=O)C(C)(C)C.C=C(C(=O)OC(C)(C)C)S(C)(=O)=O.C=C(C(=O)OC)S(=O)(=O)C(C)(C)C.C=C(C(=O)OC)S(C)(=O)=O.C=C(C(=O)OCC)S(C)(=O)=O.C=C(C(C)=O)S(C)(=O)=O.C=C(S(C)(=O)=O)S(=O)(=O)OC.C=C(S(C)(=O)=O)S(C)(=O)=O. The quantitative estimate of drug-likeness (QED) is 0.0590. The largest absolute Gasteiger partial charge is 0.465 e. The van der Waals surface area contributed by atoms with Gasteiger partial charge in [0, 0.05) is 50.0 Å². The van der Waals surface area contributed by atoms with Crippen molar-refractivity contribution < 1.29 is 149 Å². The number of hydrogen-bond donors (Lipinski definition) is 0. The Morgan fingerprint density at radius 2 is 0.574 bits per heavy atom. The average Bonchev–Trinajstić information content (AvgIpc) is 0.810. The van der Waals surface area contributed by atoms with Crippen molar-refractivity contribution in [1.29, 1.82) is 5.26 Å². The number of sulfone groups is 10. The second-order valence-corrected chi connectivity index (χ2v) is 47.1. The van der Waals surface area contributed by atoms with Crippen molar-refractivity contribution in [2.75, 3.05) is 78.0 Å². The third-order valence-electron chi connectivity index (χ3n) is 9.34. The van der Waals surface area contributed by atoms with Gasteiger partial charge in [0.25, 0.3) is 0 Å². The molecule has 0 atom stereocenters. The first kappa shape index (κ1) is 113. The average molecular weight is 1670 g/mol. The zero-order valence-electron chi connectivity index (χ0n) is 60.9. The number of carbonyl (C=O) groups is 6. The highest BCUT2D eigenvalue weighted by molar-refractivity contribution is 8.13. The zero-order valence-corrected chi connectivity index (χ0v) is 69.9. The minimum Gasteiger partial charge on any atom is -0.465 e. The molecule has 101 heavy (non-hydrogen) atoms. The maximum absolute atomic E-state index is 11.9. The van der Waals surface area contributed by atoms with Crippen molar-refractivity contribution >= 4 is 144 Å². The predicted molar refractivity (Wildman–Crippen MR) is 383 cm³/mol. The molecule has 0 aromatic heterocycles. The summed E-state index contributed by atoms with van der Waals surface area (Å²) in [7, 11) is -36.7. The van der Waals surface area contributed by atoms with Crippen molar-refractivity contribution in [3.05, 3.63) is 102 Å². The van der Waals surface area contributed by atoms with Crippen LogP contribution in [0.1, 0.15) is 96.9 Å². The third-order valence-corrected chi connectivity index (χ3v) is 26.4. The molecule has 35 nitrogen and oxygen atoms in total. The molecule has 0 rings (SSSR count). The molecule has 0 aliphatic heterocycles. The lowest BCUT2D eigenvalue weighted by molar-refractivity contribution is -0.150. The second-order valence-electron chi connectivity index (χ2n) is 23.1. The van der Waals surface area contributed by atoms with Crippen LogP contribution >= 0.6 is 0 Å². The Morgan fingerprint density at radius 3 is 0.703 bits per heavy atom. The van der Waals surface area contributed by atoms with E-state index in [9.17, 15) is 121 Å². The van der Waals surface area contributed by atoms with Crippen LogP contribution < -0.4 is 0 Å². The van der Waals surface area contributed by atoms with E-state index in [1.54, 1.807) is 48.5 Å². The van der Waals surface area contributed by atoms with E-state index in [4.69, 9.17) is 14.7 Å². The van der Waals surface area contributed by atoms with E-state index >= 15 is 0 Å². The summed E-state index contributed by atoms with van der Waals surface area (Å²) in [4.78, 5) is 61.8. The Hall–Kier alpha value is -6.42. The fourth-order valence-corrected chi connectivity index (χ4v) is 11.3. The lowest BCUT2D eigenvalue weighted by atomic mass is 10.2. The van der Waals surface area contributed by atoms with E-state index in [0.29, 0.717) is 0 Å². The molecule has 0 saturated carbocycles. The number of allylic oxidation sites excluding steroid dienone is 2. The smallest absolute Gasteiger partial charge is 0.349 e. The number of methoxy groups -OCH3 is 2. The lowest BCUT2D eigenvalue weighted by Crippen LogP contribution is -2.34. The van der Waals surface area contributed by atoms with Gasteiger partial charge in [-0.25, -0.2) is 108 Å². The summed E-state index contributed by atoms with van der Waals surface area (Å²) in [5.41, 5.74) is -1.43. The molecule has 0 aromatic rings. The summed E-state index contributed by atoms with van der Waals surface area (Å²) in [5.74, 6) is -4.98. The number of ketones is 1. The van der Waals surface area contributed by atoms with Crippen LogP contribution in [0.3, 0.4) is 0 Å². The summed E-state index contributed by atoms with van der Waals surface area (Å²) in [6.07, 6.45) is 6.96. The van der Waals surface area contributed by atoms with Gasteiger partial charge in [-0.05, 0) is 96.9 Å². The molecule has 0 heterocycles. The Kier molecular flexibility index (Phi) is 48.1. The first-order valence-electron chi connectivity index (χ1n) is 26.3. The summed E-state index contributed by atoms with van der Waals surface area (Å²) in [6, 6.07) is 1.42. The van der Waals surface area contributed by atoms with Crippen LogP contribution in [-0.2, 0) is 165 Å². The van der Waals surface area contributed by atoms with E-state index in [1.165, 1.54) is 54.5 Å². The molecule has 0 aromatic carbocycles. The molecule has 0 unspecified atom stereocenters. The summed E-state index contributed by atoms with van der Waals surface area (Å²) in [6.45, 7) is 49.5. The summed E-state index contributed by atoms with van der Waals surface area (Å²) < 4.78 is 260. The molecule has 0 aliphatic rings. The molecule has 46 heteroatoms. The van der Waals surface area contributed by atoms with Gasteiger partial charge in [-0.2, -0.15) is 13.7 Å². The molecule has 590 valence electrons. The summed E-state index contributed by atoms with van der Waals surface area (Å²) >= 11 is 0. The zero-order chi connectivity index (χ0) is 84.8. The Labute approximate surface area is 597 Å². The van der Waals surface area contributed by atoms with Crippen molar-refractivity contribution in [3.8, 4) is 6.07 Å². The normalized spacial score (nSPS) is 12.0. The topological polar surface area (TPSA) is 557 Å². The molecule has 0 radical (unpaired) electrons. The monoisotopic (exact) mass is 1670 g/mol. The van der Waals surface area contributed by atoms with Gasteiger partial charge in [-0.15, -0.1) is 0 Å². The Balaban J connectivity index is -0.000000136. The van der Waals surface area contributed by atoms with Gasteiger partial charge in [0.05, 0.1) is 37.4 Å². The number of Topliss-reactive ketones (excluding diaryl/α,β-unsaturated/α-hetero) is 1. The number of ether oxygens (including phenoxy) is 5. The molecule has 0 fully saturated rings. The van der Waals surface area contributed by atoms with E-state index in [-0.39, 0.29) is 11.5 Å². The van der Waals surface area contributed by atoms with Crippen LogP contribution in [0, 0.1) is 11.3 Å².